The Morgan fingerprint density at radius 2 is 1.30 bits per heavy atom. The number of thioether (sulfide) groups is 1. The Kier molecular flexibility index (Phi) is 9.47. The third-order valence-electron chi connectivity index (χ3n) is 8.45. The van der Waals surface area contributed by atoms with Crippen molar-refractivity contribution in [3.63, 3.8) is 0 Å². The zero-order valence-electron chi connectivity index (χ0n) is 25.2. The van der Waals surface area contributed by atoms with Crippen LogP contribution in [0.4, 0.5) is 8.78 Å². The van der Waals surface area contributed by atoms with Gasteiger partial charge in [0.1, 0.15) is 11.6 Å². The molecule has 1 heterocycles. The first-order chi connectivity index (χ1) is 22.9. The van der Waals surface area contributed by atoms with Gasteiger partial charge in [-0.2, -0.15) is 0 Å². The summed E-state index contributed by atoms with van der Waals surface area (Å²) in [5, 5.41) is 3.73. The minimum absolute atomic E-state index is 0.00819. The Bertz CT molecular complexity index is 1840. The van der Waals surface area contributed by atoms with Gasteiger partial charge < -0.3 is 4.90 Å². The fraction of sp³-hybridized carbons (Fsp3) is 0.158. The van der Waals surface area contributed by atoms with Gasteiger partial charge in [-0.25, -0.2) is 8.78 Å². The van der Waals surface area contributed by atoms with Crippen molar-refractivity contribution in [2.75, 3.05) is 13.1 Å². The molecule has 0 unspecified atom stereocenters. The summed E-state index contributed by atoms with van der Waals surface area (Å²) < 4.78 is 27.6. The van der Waals surface area contributed by atoms with Crippen LogP contribution >= 0.6 is 11.8 Å². The molecule has 0 aromatic heterocycles. The summed E-state index contributed by atoms with van der Waals surface area (Å²) in [6, 6.07) is 39.2. The molecule has 1 saturated heterocycles. The molecule has 234 valence electrons. The first-order valence-corrected chi connectivity index (χ1v) is 16.1. The van der Waals surface area contributed by atoms with Crippen LogP contribution in [0.15, 0.2) is 139 Å². The van der Waals surface area contributed by atoms with Crippen LogP contribution in [0.3, 0.4) is 0 Å². The van der Waals surface area contributed by atoms with Crippen LogP contribution in [0.25, 0.3) is 10.4 Å². The summed E-state index contributed by atoms with van der Waals surface area (Å²) in [5.74, 6) is -2.96. The van der Waals surface area contributed by atoms with E-state index in [1.165, 1.54) is 12.1 Å². The van der Waals surface area contributed by atoms with Gasteiger partial charge in [0, 0.05) is 40.9 Å². The van der Waals surface area contributed by atoms with Crippen molar-refractivity contribution in [1.29, 1.82) is 0 Å². The van der Waals surface area contributed by atoms with Gasteiger partial charge >= 0.3 is 0 Å². The minimum Gasteiger partial charge on any atom is -0.334 e. The molecule has 9 heteroatoms. The molecular formula is C38H30F2N4O2S. The third kappa shape index (κ3) is 6.41. The highest BCUT2D eigenvalue weighted by molar-refractivity contribution is 8.01. The number of benzene rings is 5. The Hall–Kier alpha value is -5.24. The quantitative estimate of drug-likeness (QED) is 0.0501. The van der Waals surface area contributed by atoms with Crippen molar-refractivity contribution >= 4 is 23.5 Å². The van der Waals surface area contributed by atoms with E-state index in [9.17, 15) is 23.9 Å². The SMILES string of the molecule is [N-]=[N+]=NC[C@@H]1C[C@@H](SC(c2ccccc2)(c2ccccc2)c2ccccc2)CN1C(=O)c1ccccc1C(=O)c1ccc(F)cc1F. The molecule has 0 radical (unpaired) electrons. The van der Waals surface area contributed by atoms with E-state index in [1.54, 1.807) is 28.8 Å². The number of likely N-dealkylation sites (tertiary alicyclic amines) is 1. The van der Waals surface area contributed by atoms with Crippen LogP contribution < -0.4 is 0 Å². The second kappa shape index (κ2) is 14.0. The van der Waals surface area contributed by atoms with Gasteiger partial charge in [0.15, 0.2) is 5.78 Å². The molecule has 2 atom stereocenters. The molecule has 5 aromatic rings. The number of amides is 1. The summed E-state index contributed by atoms with van der Waals surface area (Å²) in [7, 11) is 0. The lowest BCUT2D eigenvalue weighted by atomic mass is 9.84. The summed E-state index contributed by atoms with van der Waals surface area (Å²) in [4.78, 5) is 32.4. The number of carbonyl (C=O) groups is 2. The van der Waals surface area contributed by atoms with Gasteiger partial charge in [0.2, 0.25) is 0 Å². The van der Waals surface area contributed by atoms with Crippen LogP contribution in [0.2, 0.25) is 0 Å². The third-order valence-corrected chi connectivity index (χ3v) is 10.2. The molecule has 0 saturated carbocycles. The smallest absolute Gasteiger partial charge is 0.254 e. The molecule has 1 fully saturated rings. The topological polar surface area (TPSA) is 86.1 Å². The largest absolute Gasteiger partial charge is 0.334 e. The number of hydrogen-bond donors (Lipinski definition) is 0. The average Bonchev–Trinajstić information content (AvgIpc) is 3.52. The second-order valence-corrected chi connectivity index (χ2v) is 12.8. The molecule has 6 nitrogen and oxygen atoms in total. The summed E-state index contributed by atoms with van der Waals surface area (Å²) in [6.45, 7) is 0.369. The molecule has 1 aliphatic heterocycles. The van der Waals surface area contributed by atoms with Gasteiger partial charge in [-0.3, -0.25) is 9.59 Å². The lowest BCUT2D eigenvalue weighted by molar-refractivity contribution is 0.0737. The van der Waals surface area contributed by atoms with Crippen molar-refractivity contribution in [3.05, 3.63) is 189 Å². The van der Waals surface area contributed by atoms with Crippen molar-refractivity contribution < 1.29 is 18.4 Å². The van der Waals surface area contributed by atoms with Crippen molar-refractivity contribution in [2.45, 2.75) is 22.5 Å². The van der Waals surface area contributed by atoms with Crippen LogP contribution in [0, 0.1) is 11.6 Å². The molecule has 1 aliphatic rings. The van der Waals surface area contributed by atoms with Crippen LogP contribution in [0.1, 0.15) is 49.4 Å². The average molecular weight is 645 g/mol. The maximum Gasteiger partial charge on any atom is 0.254 e. The van der Waals surface area contributed by atoms with Gasteiger partial charge in [-0.15, -0.1) is 11.8 Å². The molecule has 0 spiro atoms. The van der Waals surface area contributed by atoms with Crippen LogP contribution in [0.5, 0.6) is 0 Å². The van der Waals surface area contributed by atoms with E-state index >= 15 is 0 Å². The maximum absolute atomic E-state index is 14.6. The van der Waals surface area contributed by atoms with E-state index in [1.807, 2.05) is 54.6 Å². The van der Waals surface area contributed by atoms with Gasteiger partial charge in [-0.1, -0.05) is 114 Å². The highest BCUT2D eigenvalue weighted by atomic mass is 32.2. The Morgan fingerprint density at radius 3 is 1.83 bits per heavy atom. The molecule has 47 heavy (non-hydrogen) atoms. The van der Waals surface area contributed by atoms with Crippen LogP contribution in [-0.2, 0) is 4.75 Å². The van der Waals surface area contributed by atoms with E-state index in [2.05, 4.69) is 46.4 Å². The van der Waals surface area contributed by atoms with Crippen LogP contribution in [-0.4, -0.2) is 41.0 Å². The number of carbonyl (C=O) groups excluding carboxylic acids is 2. The Morgan fingerprint density at radius 1 is 0.766 bits per heavy atom. The van der Waals surface area contributed by atoms with Gasteiger partial charge in [0.05, 0.1) is 15.9 Å². The monoisotopic (exact) mass is 644 g/mol. The number of nitrogens with zero attached hydrogens (tertiary/aromatic N) is 4. The number of hydrogen-bond acceptors (Lipinski definition) is 4. The normalized spacial score (nSPS) is 16.0. The molecule has 0 N–H and O–H groups in total. The van der Waals surface area contributed by atoms with E-state index in [-0.39, 0.29) is 28.5 Å². The van der Waals surface area contributed by atoms with E-state index in [0.29, 0.717) is 19.0 Å². The zero-order valence-corrected chi connectivity index (χ0v) is 26.1. The van der Waals surface area contributed by atoms with Gasteiger partial charge in [-0.05, 0) is 46.8 Å². The Balaban J connectivity index is 1.39. The Labute approximate surface area is 275 Å². The fourth-order valence-electron chi connectivity index (χ4n) is 6.33. The first-order valence-electron chi connectivity index (χ1n) is 15.2. The predicted octanol–water partition coefficient (Wildman–Crippen LogP) is 8.81. The molecule has 5 aromatic carbocycles. The maximum atomic E-state index is 14.6. The lowest BCUT2D eigenvalue weighted by Crippen LogP contribution is -2.38. The number of halogens is 2. The van der Waals surface area contributed by atoms with Crippen molar-refractivity contribution in [3.8, 4) is 0 Å². The van der Waals surface area contributed by atoms with Crippen molar-refractivity contribution in [1.82, 2.24) is 4.90 Å². The molecule has 0 aliphatic carbocycles. The molecule has 1 amide bonds. The minimum atomic E-state index is -1.00. The highest BCUT2D eigenvalue weighted by Crippen LogP contribution is 2.52. The molecule has 0 bridgehead atoms. The lowest BCUT2D eigenvalue weighted by Gasteiger charge is -2.37. The predicted molar refractivity (Wildman–Crippen MR) is 180 cm³/mol. The summed E-state index contributed by atoms with van der Waals surface area (Å²) in [6.07, 6.45) is 0.534. The molecular weight excluding hydrogens is 615 g/mol. The summed E-state index contributed by atoms with van der Waals surface area (Å²) >= 11 is 1.74. The second-order valence-electron chi connectivity index (χ2n) is 11.3. The van der Waals surface area contributed by atoms with Crippen molar-refractivity contribution in [2.24, 2.45) is 5.11 Å². The molecule has 6 rings (SSSR count). The number of azide groups is 1. The van der Waals surface area contributed by atoms with Gasteiger partial charge in [0.25, 0.3) is 5.91 Å². The fourth-order valence-corrected chi connectivity index (χ4v) is 8.20. The van der Waals surface area contributed by atoms with E-state index < -0.39 is 34.1 Å². The highest BCUT2D eigenvalue weighted by Gasteiger charge is 2.44. The number of ketones is 1. The summed E-state index contributed by atoms with van der Waals surface area (Å²) in [5.41, 5.74) is 12.2. The number of rotatable bonds is 10. The van der Waals surface area contributed by atoms with E-state index in [0.717, 1.165) is 28.8 Å². The first kappa shape index (κ1) is 31.7. The zero-order chi connectivity index (χ0) is 32.8. The van der Waals surface area contributed by atoms with E-state index in [4.69, 9.17) is 0 Å². The standard InChI is InChI=1S/C38H30F2N4O2S/c39-29-20-21-34(35(40)22-29)36(45)32-18-10-11-19-33(32)37(46)44-25-31(23-30(44)24-42-43-41)47-38(26-12-4-1-5-13-26,27-14-6-2-7-15-27)28-16-8-3-9-17-28/h1-22,30-31H,23-25H2/t30-,31+/m0/s1.